The molecule has 1 heterocycles. The minimum Gasteiger partial charge on any atom is -0.382 e. The van der Waals surface area contributed by atoms with Gasteiger partial charge in [-0.25, -0.2) is 0 Å². The minimum atomic E-state index is 0.226. The lowest BCUT2D eigenvalue weighted by atomic mass is 10.1. The Balaban J connectivity index is 2.89. The van der Waals surface area contributed by atoms with Crippen LogP contribution >= 0.6 is 15.9 Å². The van der Waals surface area contributed by atoms with E-state index < -0.39 is 0 Å². The fourth-order valence-electron chi connectivity index (χ4n) is 1.76. The highest BCUT2D eigenvalue weighted by Gasteiger charge is 2.20. The van der Waals surface area contributed by atoms with Gasteiger partial charge in [0.2, 0.25) is 0 Å². The van der Waals surface area contributed by atoms with E-state index in [4.69, 9.17) is 4.74 Å². The van der Waals surface area contributed by atoms with E-state index in [2.05, 4.69) is 40.2 Å². The highest BCUT2D eigenvalue weighted by molar-refractivity contribution is 9.10. The van der Waals surface area contributed by atoms with E-state index in [1.165, 1.54) is 5.69 Å². The summed E-state index contributed by atoms with van der Waals surface area (Å²) in [6.07, 6.45) is 3.00. The topological polar surface area (TPSA) is 39.1 Å². The third-order valence-electron chi connectivity index (χ3n) is 2.78. The van der Waals surface area contributed by atoms with Crippen molar-refractivity contribution in [3.05, 3.63) is 16.4 Å². The summed E-state index contributed by atoms with van der Waals surface area (Å²) >= 11 is 3.55. The van der Waals surface area contributed by atoms with Crippen LogP contribution in [0.2, 0.25) is 0 Å². The number of aryl methyl sites for hydroxylation is 1. The summed E-state index contributed by atoms with van der Waals surface area (Å²) in [5, 5.41) is 7.64. The summed E-state index contributed by atoms with van der Waals surface area (Å²) in [6.45, 7) is 5.04. The summed E-state index contributed by atoms with van der Waals surface area (Å²) in [6, 6.07) is 0.256. The first-order valence-corrected chi connectivity index (χ1v) is 6.34. The molecule has 1 rings (SSSR count). The molecule has 0 aromatic carbocycles. The van der Waals surface area contributed by atoms with Crippen molar-refractivity contribution in [2.45, 2.75) is 39.0 Å². The van der Waals surface area contributed by atoms with Gasteiger partial charge in [0.1, 0.15) is 0 Å². The zero-order valence-electron chi connectivity index (χ0n) is 10.3. The second-order valence-corrected chi connectivity index (χ2v) is 4.67. The maximum Gasteiger partial charge on any atom is 0.0696 e. The van der Waals surface area contributed by atoms with E-state index in [1.807, 2.05) is 17.9 Å². The van der Waals surface area contributed by atoms with Crippen molar-refractivity contribution >= 4 is 15.9 Å². The van der Waals surface area contributed by atoms with Gasteiger partial charge in [-0.2, -0.15) is 5.10 Å². The van der Waals surface area contributed by atoms with Crippen molar-refractivity contribution in [3.63, 3.8) is 0 Å². The Labute approximate surface area is 105 Å². The smallest absolute Gasteiger partial charge is 0.0696 e. The predicted molar refractivity (Wildman–Crippen MR) is 68.5 cm³/mol. The van der Waals surface area contributed by atoms with Crippen molar-refractivity contribution in [1.82, 2.24) is 15.1 Å². The molecule has 0 aliphatic carbocycles. The number of hydrogen-bond acceptors (Lipinski definition) is 3. The first-order chi connectivity index (χ1) is 7.63. The van der Waals surface area contributed by atoms with Crippen molar-refractivity contribution < 1.29 is 4.74 Å². The normalized spacial score (nSPS) is 15.1. The maximum absolute atomic E-state index is 5.31. The Morgan fingerprint density at radius 2 is 2.31 bits per heavy atom. The molecule has 1 N–H and O–H groups in total. The van der Waals surface area contributed by atoms with Crippen molar-refractivity contribution in [2.75, 3.05) is 14.2 Å². The molecule has 2 atom stereocenters. The largest absolute Gasteiger partial charge is 0.382 e. The lowest BCUT2D eigenvalue weighted by Gasteiger charge is -2.21. The second-order valence-electron chi connectivity index (χ2n) is 3.82. The third-order valence-corrected chi connectivity index (χ3v) is 3.39. The van der Waals surface area contributed by atoms with E-state index in [0.29, 0.717) is 0 Å². The monoisotopic (exact) mass is 289 g/mol. The highest BCUT2D eigenvalue weighted by atomic mass is 79.9. The van der Waals surface area contributed by atoms with Crippen LogP contribution in [0.4, 0.5) is 0 Å². The predicted octanol–water partition coefficient (Wildman–Crippen LogP) is 2.35. The SMILES string of the molecule is CCn1ncc(Br)c1C(CC(C)OC)NC. The van der Waals surface area contributed by atoms with Crippen LogP contribution in [0.1, 0.15) is 32.0 Å². The zero-order valence-corrected chi connectivity index (χ0v) is 11.9. The Kier molecular flexibility index (Phi) is 5.44. The van der Waals surface area contributed by atoms with Gasteiger partial charge in [-0.3, -0.25) is 4.68 Å². The molecule has 1 aromatic heterocycles. The fourth-order valence-corrected chi connectivity index (χ4v) is 2.34. The maximum atomic E-state index is 5.31. The van der Waals surface area contributed by atoms with Crippen molar-refractivity contribution in [3.8, 4) is 0 Å². The average molecular weight is 290 g/mol. The summed E-state index contributed by atoms with van der Waals surface area (Å²) in [5.74, 6) is 0. The molecule has 0 saturated carbocycles. The average Bonchev–Trinajstić information content (AvgIpc) is 2.67. The lowest BCUT2D eigenvalue weighted by molar-refractivity contribution is 0.100. The number of aromatic nitrogens is 2. The third kappa shape index (κ3) is 3.06. The zero-order chi connectivity index (χ0) is 12.1. The number of nitrogens with one attached hydrogen (secondary N) is 1. The first-order valence-electron chi connectivity index (χ1n) is 5.55. The summed E-state index contributed by atoms with van der Waals surface area (Å²) in [5.41, 5.74) is 1.19. The Morgan fingerprint density at radius 1 is 1.62 bits per heavy atom. The van der Waals surface area contributed by atoms with Gasteiger partial charge < -0.3 is 10.1 Å². The number of rotatable bonds is 6. The van der Waals surface area contributed by atoms with Crippen LogP contribution in [0.15, 0.2) is 10.7 Å². The van der Waals surface area contributed by atoms with Gasteiger partial charge in [0, 0.05) is 13.7 Å². The van der Waals surface area contributed by atoms with Gasteiger partial charge in [0.15, 0.2) is 0 Å². The number of halogens is 1. The standard InChI is InChI=1S/C11H20BrN3O/c1-5-15-11(9(12)7-14-15)10(13-3)6-8(2)16-4/h7-8,10,13H,5-6H2,1-4H3. The summed E-state index contributed by atoms with van der Waals surface area (Å²) < 4.78 is 8.37. The van der Waals surface area contributed by atoms with Crippen LogP contribution in [0.5, 0.6) is 0 Å². The van der Waals surface area contributed by atoms with E-state index in [0.717, 1.165) is 17.4 Å². The fraction of sp³-hybridized carbons (Fsp3) is 0.727. The molecule has 1 aromatic rings. The van der Waals surface area contributed by atoms with Gasteiger partial charge in [-0.1, -0.05) is 0 Å². The van der Waals surface area contributed by atoms with E-state index in [9.17, 15) is 0 Å². The highest BCUT2D eigenvalue weighted by Crippen LogP contribution is 2.26. The molecule has 0 aliphatic rings. The van der Waals surface area contributed by atoms with E-state index >= 15 is 0 Å². The molecule has 5 heteroatoms. The van der Waals surface area contributed by atoms with Gasteiger partial charge in [0.05, 0.1) is 28.5 Å². The molecule has 0 amide bonds. The van der Waals surface area contributed by atoms with E-state index in [1.54, 1.807) is 7.11 Å². The van der Waals surface area contributed by atoms with Crippen LogP contribution < -0.4 is 5.32 Å². The second kappa shape index (κ2) is 6.37. The molecular weight excluding hydrogens is 270 g/mol. The van der Waals surface area contributed by atoms with Crippen LogP contribution in [-0.2, 0) is 11.3 Å². The molecule has 0 aliphatic heterocycles. The van der Waals surface area contributed by atoms with Gasteiger partial charge in [-0.05, 0) is 43.2 Å². The molecule has 4 nitrogen and oxygen atoms in total. The number of methoxy groups -OCH3 is 1. The lowest BCUT2D eigenvalue weighted by Crippen LogP contribution is -2.25. The van der Waals surface area contributed by atoms with Crippen LogP contribution in [0.3, 0.4) is 0 Å². The van der Waals surface area contributed by atoms with Crippen molar-refractivity contribution in [2.24, 2.45) is 0 Å². The molecule has 16 heavy (non-hydrogen) atoms. The number of hydrogen-bond donors (Lipinski definition) is 1. The van der Waals surface area contributed by atoms with Gasteiger partial charge in [0.25, 0.3) is 0 Å². The number of ether oxygens (including phenoxy) is 1. The minimum absolute atomic E-state index is 0.226. The molecule has 0 radical (unpaired) electrons. The molecule has 0 fully saturated rings. The molecular formula is C11H20BrN3O. The first kappa shape index (κ1) is 13.7. The van der Waals surface area contributed by atoms with E-state index in [-0.39, 0.29) is 12.1 Å². The van der Waals surface area contributed by atoms with Crippen LogP contribution in [0, 0.1) is 0 Å². The summed E-state index contributed by atoms with van der Waals surface area (Å²) in [4.78, 5) is 0. The Bertz CT molecular complexity index is 327. The van der Waals surface area contributed by atoms with Gasteiger partial charge >= 0.3 is 0 Å². The van der Waals surface area contributed by atoms with Crippen molar-refractivity contribution in [1.29, 1.82) is 0 Å². The molecule has 2 unspecified atom stereocenters. The molecule has 0 saturated heterocycles. The Morgan fingerprint density at radius 3 is 2.81 bits per heavy atom. The Hall–Kier alpha value is -0.390. The number of nitrogens with zero attached hydrogens (tertiary/aromatic N) is 2. The van der Waals surface area contributed by atoms with Gasteiger partial charge in [-0.15, -0.1) is 0 Å². The molecule has 92 valence electrons. The molecule has 0 bridgehead atoms. The summed E-state index contributed by atoms with van der Waals surface area (Å²) in [7, 11) is 3.70. The quantitative estimate of drug-likeness (QED) is 0.874. The van der Waals surface area contributed by atoms with Crippen LogP contribution in [0.25, 0.3) is 0 Å². The molecule has 0 spiro atoms. The van der Waals surface area contributed by atoms with Crippen LogP contribution in [-0.4, -0.2) is 30.0 Å².